The highest BCUT2D eigenvalue weighted by Crippen LogP contribution is 2.26. The Morgan fingerprint density at radius 1 is 1.35 bits per heavy atom. The largest absolute Gasteiger partial charge is 0.354 e. The van der Waals surface area contributed by atoms with E-state index in [1.165, 1.54) is 0 Å². The van der Waals surface area contributed by atoms with Crippen molar-refractivity contribution in [3.63, 3.8) is 0 Å². The van der Waals surface area contributed by atoms with E-state index in [0.29, 0.717) is 24.6 Å². The summed E-state index contributed by atoms with van der Waals surface area (Å²) < 4.78 is 0. The molecule has 2 rings (SSSR count). The predicted molar refractivity (Wildman–Crippen MR) is 79.2 cm³/mol. The number of aryl methyl sites for hydroxylation is 1. The molecule has 0 radical (unpaired) electrons. The van der Waals surface area contributed by atoms with E-state index in [-0.39, 0.29) is 11.7 Å². The van der Waals surface area contributed by atoms with Crippen molar-refractivity contribution in [2.45, 2.75) is 52.9 Å². The second kappa shape index (κ2) is 6.25. The van der Waals surface area contributed by atoms with Gasteiger partial charge in [0.25, 0.3) is 5.91 Å². The molecule has 0 saturated heterocycles. The van der Waals surface area contributed by atoms with Crippen LogP contribution in [0.3, 0.4) is 0 Å². The second-order valence-corrected chi connectivity index (χ2v) is 6.05. The highest BCUT2D eigenvalue weighted by molar-refractivity contribution is 6.04. The third-order valence-electron chi connectivity index (χ3n) is 3.91. The summed E-state index contributed by atoms with van der Waals surface area (Å²) in [4.78, 5) is 27.3. The third kappa shape index (κ3) is 3.11. The molecule has 0 unspecified atom stereocenters. The number of hydrogen-bond acceptors (Lipinski definition) is 2. The third-order valence-corrected chi connectivity index (χ3v) is 3.91. The van der Waals surface area contributed by atoms with Crippen LogP contribution < -0.4 is 5.32 Å². The van der Waals surface area contributed by atoms with Gasteiger partial charge in [-0.2, -0.15) is 0 Å². The highest BCUT2D eigenvalue weighted by atomic mass is 16.2. The number of fused-ring (bicyclic) bond motifs is 1. The summed E-state index contributed by atoms with van der Waals surface area (Å²) in [5, 5.41) is 2.94. The van der Waals surface area contributed by atoms with Gasteiger partial charge < -0.3 is 10.3 Å². The molecule has 0 spiro atoms. The topological polar surface area (TPSA) is 62.0 Å². The van der Waals surface area contributed by atoms with Crippen LogP contribution in [0.5, 0.6) is 0 Å². The van der Waals surface area contributed by atoms with Crippen molar-refractivity contribution in [2.75, 3.05) is 6.54 Å². The summed E-state index contributed by atoms with van der Waals surface area (Å²) in [6.45, 7) is 6.91. The van der Waals surface area contributed by atoms with Crippen LogP contribution >= 0.6 is 0 Å². The quantitative estimate of drug-likeness (QED) is 0.812. The van der Waals surface area contributed by atoms with Gasteiger partial charge in [-0.15, -0.1) is 0 Å². The first-order valence-corrected chi connectivity index (χ1v) is 7.53. The van der Waals surface area contributed by atoms with E-state index in [2.05, 4.69) is 24.1 Å². The van der Waals surface area contributed by atoms with E-state index >= 15 is 0 Å². The minimum Gasteiger partial charge on any atom is -0.354 e. The molecule has 20 heavy (non-hydrogen) atoms. The first kappa shape index (κ1) is 14.8. The van der Waals surface area contributed by atoms with Crippen LogP contribution in [-0.2, 0) is 6.42 Å². The van der Waals surface area contributed by atoms with Crippen molar-refractivity contribution in [2.24, 2.45) is 5.92 Å². The molecule has 0 aliphatic heterocycles. The predicted octanol–water partition coefficient (Wildman–Crippen LogP) is 3.01. The minimum absolute atomic E-state index is 0.0894. The van der Waals surface area contributed by atoms with Crippen molar-refractivity contribution in [3.05, 3.63) is 22.5 Å². The van der Waals surface area contributed by atoms with Crippen LogP contribution in [0.4, 0.5) is 0 Å². The van der Waals surface area contributed by atoms with Gasteiger partial charge in [-0.3, -0.25) is 9.59 Å². The van der Waals surface area contributed by atoms with E-state index in [0.717, 1.165) is 42.5 Å². The summed E-state index contributed by atoms with van der Waals surface area (Å²) >= 11 is 0. The zero-order valence-corrected chi connectivity index (χ0v) is 12.6. The molecule has 0 bridgehead atoms. The van der Waals surface area contributed by atoms with Gasteiger partial charge in [0.1, 0.15) is 5.69 Å². The molecule has 4 nitrogen and oxygen atoms in total. The van der Waals surface area contributed by atoms with Gasteiger partial charge >= 0.3 is 0 Å². The molecule has 2 N–H and O–H groups in total. The smallest absolute Gasteiger partial charge is 0.268 e. The van der Waals surface area contributed by atoms with Crippen LogP contribution in [0.2, 0.25) is 0 Å². The summed E-state index contributed by atoms with van der Waals surface area (Å²) in [5.74, 6) is 0.733. The molecule has 0 fully saturated rings. The second-order valence-electron chi connectivity index (χ2n) is 6.05. The summed E-state index contributed by atoms with van der Waals surface area (Å²) in [5.41, 5.74) is 3.07. The Morgan fingerprint density at radius 3 is 2.75 bits per heavy atom. The van der Waals surface area contributed by atoms with Crippen LogP contribution in [-0.4, -0.2) is 23.2 Å². The van der Waals surface area contributed by atoms with Crippen LogP contribution in [0.1, 0.15) is 71.6 Å². The monoisotopic (exact) mass is 276 g/mol. The lowest BCUT2D eigenvalue weighted by Gasteiger charge is -2.09. The molecular weight excluding hydrogens is 252 g/mol. The fourth-order valence-electron chi connectivity index (χ4n) is 2.80. The average molecular weight is 276 g/mol. The van der Waals surface area contributed by atoms with Gasteiger partial charge in [-0.05, 0) is 44.1 Å². The fraction of sp³-hybridized carbons (Fsp3) is 0.625. The number of carbonyl (C=O) groups is 2. The standard InChI is InChI=1S/C16H24N2O2/c1-10(2)6-5-9-17-16(20)15-11(3)14-12(18-15)7-4-8-13(14)19/h10,18H,4-9H2,1-3H3,(H,17,20). The maximum absolute atomic E-state index is 12.2. The highest BCUT2D eigenvalue weighted by Gasteiger charge is 2.25. The first-order valence-electron chi connectivity index (χ1n) is 7.53. The molecule has 110 valence electrons. The number of nitrogens with one attached hydrogen (secondary N) is 2. The lowest BCUT2D eigenvalue weighted by atomic mass is 9.94. The Hall–Kier alpha value is -1.58. The van der Waals surface area contributed by atoms with Gasteiger partial charge in [0.2, 0.25) is 0 Å². The lowest BCUT2D eigenvalue weighted by Crippen LogP contribution is -2.25. The van der Waals surface area contributed by atoms with E-state index < -0.39 is 0 Å². The molecule has 4 heteroatoms. The number of rotatable bonds is 5. The number of amides is 1. The first-order chi connectivity index (χ1) is 9.50. The van der Waals surface area contributed by atoms with Crippen molar-refractivity contribution in [3.8, 4) is 0 Å². The molecule has 1 amide bonds. The van der Waals surface area contributed by atoms with Crippen molar-refractivity contribution in [1.29, 1.82) is 0 Å². The summed E-state index contributed by atoms with van der Waals surface area (Å²) in [7, 11) is 0. The van der Waals surface area contributed by atoms with E-state index in [1.54, 1.807) is 0 Å². The number of aromatic nitrogens is 1. The molecule has 1 aliphatic rings. The van der Waals surface area contributed by atoms with Crippen molar-refractivity contribution in [1.82, 2.24) is 10.3 Å². The number of aromatic amines is 1. The maximum atomic E-state index is 12.2. The normalized spacial score (nSPS) is 14.5. The van der Waals surface area contributed by atoms with Gasteiger partial charge in [0.15, 0.2) is 5.78 Å². The van der Waals surface area contributed by atoms with Crippen molar-refractivity contribution >= 4 is 11.7 Å². The fourth-order valence-corrected chi connectivity index (χ4v) is 2.80. The zero-order valence-electron chi connectivity index (χ0n) is 12.6. The molecule has 1 aromatic rings. The Balaban J connectivity index is 2.02. The molecule has 0 saturated carbocycles. The Labute approximate surface area is 120 Å². The van der Waals surface area contributed by atoms with Gasteiger partial charge in [-0.25, -0.2) is 0 Å². The molecule has 0 atom stereocenters. The number of H-pyrrole nitrogens is 1. The van der Waals surface area contributed by atoms with E-state index in [4.69, 9.17) is 0 Å². The van der Waals surface area contributed by atoms with Crippen LogP contribution in [0.15, 0.2) is 0 Å². The maximum Gasteiger partial charge on any atom is 0.268 e. The van der Waals surface area contributed by atoms with E-state index in [9.17, 15) is 9.59 Å². The van der Waals surface area contributed by atoms with Crippen molar-refractivity contribution < 1.29 is 9.59 Å². The Bertz CT molecular complexity index is 515. The number of Topliss-reactive ketones (excluding diaryl/α,β-unsaturated/α-hetero) is 1. The summed E-state index contributed by atoms with van der Waals surface area (Å²) in [6, 6.07) is 0. The minimum atomic E-state index is -0.0894. The SMILES string of the molecule is Cc1c(C(=O)NCCCC(C)C)[nH]c2c1C(=O)CCC2. The average Bonchev–Trinajstić information content (AvgIpc) is 2.73. The van der Waals surface area contributed by atoms with E-state index in [1.807, 2.05) is 6.92 Å². The van der Waals surface area contributed by atoms with Crippen LogP contribution in [0, 0.1) is 12.8 Å². The Morgan fingerprint density at radius 2 is 2.10 bits per heavy atom. The van der Waals surface area contributed by atoms with Gasteiger partial charge in [-0.1, -0.05) is 13.8 Å². The molecule has 0 aromatic carbocycles. The number of ketones is 1. The molecule has 1 aromatic heterocycles. The molecule has 1 aliphatic carbocycles. The van der Waals surface area contributed by atoms with Gasteiger partial charge in [0.05, 0.1) is 0 Å². The number of carbonyl (C=O) groups excluding carboxylic acids is 2. The Kier molecular flexibility index (Phi) is 4.63. The molecular formula is C16H24N2O2. The molecule has 1 heterocycles. The summed E-state index contributed by atoms with van der Waals surface area (Å²) in [6.07, 6.45) is 4.44. The lowest BCUT2D eigenvalue weighted by molar-refractivity contribution is 0.0946. The van der Waals surface area contributed by atoms with Gasteiger partial charge in [0, 0.05) is 24.2 Å². The number of hydrogen-bond donors (Lipinski definition) is 2. The van der Waals surface area contributed by atoms with Crippen LogP contribution in [0.25, 0.3) is 0 Å². The zero-order chi connectivity index (χ0) is 14.7.